The van der Waals surface area contributed by atoms with Gasteiger partial charge in [0.15, 0.2) is 0 Å². The maximum atomic E-state index is 11.1. The Labute approximate surface area is 95.6 Å². The predicted molar refractivity (Wildman–Crippen MR) is 61.0 cm³/mol. The van der Waals surface area contributed by atoms with Gasteiger partial charge in [-0.25, -0.2) is 4.98 Å². The summed E-state index contributed by atoms with van der Waals surface area (Å²) in [5.41, 5.74) is 0.917. The molecule has 2 N–H and O–H groups in total. The Kier molecular flexibility index (Phi) is 4.98. The first-order chi connectivity index (χ1) is 7.63. The van der Waals surface area contributed by atoms with Crippen molar-refractivity contribution >= 4 is 5.91 Å². The number of aromatic nitrogens is 1. The third kappa shape index (κ3) is 4.02. The van der Waals surface area contributed by atoms with Crippen LogP contribution in [0.4, 0.5) is 0 Å². The first kappa shape index (κ1) is 12.7. The number of carbonyl (C=O) groups is 1. The minimum Gasteiger partial charge on any atom is -0.444 e. The van der Waals surface area contributed by atoms with Crippen molar-refractivity contribution in [3.05, 3.63) is 17.3 Å². The van der Waals surface area contributed by atoms with Gasteiger partial charge < -0.3 is 15.1 Å². The molecule has 0 unspecified atom stereocenters. The molecule has 1 heterocycles. The third-order valence-electron chi connectivity index (χ3n) is 2.25. The molecule has 0 aliphatic rings. The number of amides is 1. The van der Waals surface area contributed by atoms with Crippen molar-refractivity contribution in [3.8, 4) is 0 Å². The van der Waals surface area contributed by atoms with E-state index in [2.05, 4.69) is 15.6 Å². The zero-order valence-electron chi connectivity index (χ0n) is 10.1. The summed E-state index contributed by atoms with van der Waals surface area (Å²) in [6, 6.07) is 0. The van der Waals surface area contributed by atoms with Gasteiger partial charge in [-0.2, -0.15) is 0 Å². The van der Waals surface area contributed by atoms with Gasteiger partial charge in [-0.1, -0.05) is 0 Å². The first-order valence-corrected chi connectivity index (χ1v) is 5.53. The highest BCUT2D eigenvalue weighted by atomic mass is 16.4. The van der Waals surface area contributed by atoms with Gasteiger partial charge in [0, 0.05) is 19.5 Å². The van der Waals surface area contributed by atoms with Crippen molar-refractivity contribution in [2.75, 3.05) is 13.1 Å². The summed E-state index contributed by atoms with van der Waals surface area (Å²) in [6.07, 6.45) is 0.479. The Hall–Kier alpha value is -1.36. The van der Waals surface area contributed by atoms with E-state index in [1.54, 1.807) is 0 Å². The summed E-state index contributed by atoms with van der Waals surface area (Å²) in [7, 11) is 0. The topological polar surface area (TPSA) is 67.2 Å². The number of oxazole rings is 1. The van der Waals surface area contributed by atoms with Gasteiger partial charge in [0.1, 0.15) is 5.76 Å². The van der Waals surface area contributed by atoms with Gasteiger partial charge in [-0.05, 0) is 20.8 Å². The quantitative estimate of drug-likeness (QED) is 0.706. The third-order valence-corrected chi connectivity index (χ3v) is 2.25. The lowest BCUT2D eigenvalue weighted by atomic mass is 10.4. The minimum atomic E-state index is 0.0646. The van der Waals surface area contributed by atoms with Crippen LogP contribution >= 0.6 is 0 Å². The average molecular weight is 225 g/mol. The molecule has 0 radical (unpaired) electrons. The minimum absolute atomic E-state index is 0.0646. The van der Waals surface area contributed by atoms with Crippen LogP contribution in [0.5, 0.6) is 0 Å². The van der Waals surface area contributed by atoms with E-state index in [0.29, 0.717) is 31.9 Å². The van der Waals surface area contributed by atoms with Crippen LogP contribution in [0.25, 0.3) is 0 Å². The molecule has 0 aromatic carbocycles. The number of aryl methyl sites for hydroxylation is 2. The molecule has 1 aromatic rings. The van der Waals surface area contributed by atoms with Crippen molar-refractivity contribution < 1.29 is 9.21 Å². The predicted octanol–water partition coefficient (Wildman–Crippen LogP) is 0.907. The van der Waals surface area contributed by atoms with Crippen molar-refractivity contribution in [2.24, 2.45) is 0 Å². The van der Waals surface area contributed by atoms with E-state index in [1.165, 1.54) is 0 Å². The summed E-state index contributed by atoms with van der Waals surface area (Å²) in [5, 5.41) is 5.85. The number of hydrogen-bond acceptors (Lipinski definition) is 4. The Morgan fingerprint density at radius 3 is 2.75 bits per heavy atom. The second-order valence-corrected chi connectivity index (χ2v) is 3.63. The summed E-state index contributed by atoms with van der Waals surface area (Å²) >= 11 is 0. The van der Waals surface area contributed by atoms with E-state index in [0.717, 1.165) is 11.5 Å². The van der Waals surface area contributed by atoms with Crippen LogP contribution in [-0.4, -0.2) is 24.0 Å². The van der Waals surface area contributed by atoms with Gasteiger partial charge in [-0.3, -0.25) is 4.79 Å². The summed E-state index contributed by atoms with van der Waals surface area (Å²) < 4.78 is 5.39. The molecule has 5 nitrogen and oxygen atoms in total. The monoisotopic (exact) mass is 225 g/mol. The zero-order chi connectivity index (χ0) is 12.0. The van der Waals surface area contributed by atoms with Crippen LogP contribution in [0.2, 0.25) is 0 Å². The summed E-state index contributed by atoms with van der Waals surface area (Å²) in [4.78, 5) is 15.4. The Morgan fingerprint density at radius 2 is 2.19 bits per heavy atom. The van der Waals surface area contributed by atoms with Crippen molar-refractivity contribution in [1.29, 1.82) is 0 Å². The second-order valence-electron chi connectivity index (χ2n) is 3.63. The molecule has 5 heteroatoms. The SMILES string of the molecule is CCNC(=O)CCNCc1nc(C)c(C)o1. The van der Waals surface area contributed by atoms with E-state index in [4.69, 9.17) is 4.42 Å². The summed E-state index contributed by atoms with van der Waals surface area (Å²) in [6.45, 7) is 7.58. The highest BCUT2D eigenvalue weighted by Crippen LogP contribution is 2.07. The van der Waals surface area contributed by atoms with Crippen LogP contribution in [0.3, 0.4) is 0 Å². The molecule has 1 amide bonds. The van der Waals surface area contributed by atoms with Gasteiger partial charge >= 0.3 is 0 Å². The maximum absolute atomic E-state index is 11.1. The van der Waals surface area contributed by atoms with E-state index >= 15 is 0 Å². The molecule has 0 saturated heterocycles. The van der Waals surface area contributed by atoms with Crippen molar-refractivity contribution in [1.82, 2.24) is 15.6 Å². The smallest absolute Gasteiger partial charge is 0.221 e. The molecule has 0 fully saturated rings. The van der Waals surface area contributed by atoms with Crippen LogP contribution in [0.1, 0.15) is 30.7 Å². The lowest BCUT2D eigenvalue weighted by Crippen LogP contribution is -2.27. The Bertz CT molecular complexity index is 327. The molecule has 90 valence electrons. The van der Waals surface area contributed by atoms with Crippen LogP contribution in [0.15, 0.2) is 4.42 Å². The van der Waals surface area contributed by atoms with Gasteiger partial charge in [0.25, 0.3) is 0 Å². The number of nitrogens with zero attached hydrogens (tertiary/aromatic N) is 1. The standard InChI is InChI=1S/C11H19N3O2/c1-4-13-10(15)5-6-12-7-11-14-8(2)9(3)16-11/h12H,4-7H2,1-3H3,(H,13,15). The fourth-order valence-electron chi connectivity index (χ4n) is 1.30. The Morgan fingerprint density at radius 1 is 1.44 bits per heavy atom. The van der Waals surface area contributed by atoms with Gasteiger partial charge in [-0.15, -0.1) is 0 Å². The molecule has 0 atom stereocenters. The van der Waals surface area contributed by atoms with Crippen molar-refractivity contribution in [3.63, 3.8) is 0 Å². The van der Waals surface area contributed by atoms with Gasteiger partial charge in [0.2, 0.25) is 11.8 Å². The van der Waals surface area contributed by atoms with E-state index < -0.39 is 0 Å². The Balaban J connectivity index is 2.18. The van der Waals surface area contributed by atoms with E-state index in [9.17, 15) is 4.79 Å². The highest BCUT2D eigenvalue weighted by molar-refractivity contribution is 5.75. The number of carbonyl (C=O) groups excluding carboxylic acids is 1. The number of rotatable bonds is 6. The molecule has 1 aromatic heterocycles. The van der Waals surface area contributed by atoms with Crippen LogP contribution < -0.4 is 10.6 Å². The molecule has 0 spiro atoms. The molecule has 0 bridgehead atoms. The molecule has 0 aliphatic carbocycles. The lowest BCUT2D eigenvalue weighted by molar-refractivity contribution is -0.120. The number of nitrogens with one attached hydrogen (secondary N) is 2. The van der Waals surface area contributed by atoms with Gasteiger partial charge in [0.05, 0.1) is 12.2 Å². The highest BCUT2D eigenvalue weighted by Gasteiger charge is 2.05. The second kappa shape index (κ2) is 6.27. The van der Waals surface area contributed by atoms with Crippen LogP contribution in [0, 0.1) is 13.8 Å². The van der Waals surface area contributed by atoms with Crippen molar-refractivity contribution in [2.45, 2.75) is 33.7 Å². The first-order valence-electron chi connectivity index (χ1n) is 5.53. The fraction of sp³-hybridized carbons (Fsp3) is 0.636. The zero-order valence-corrected chi connectivity index (χ0v) is 10.1. The largest absolute Gasteiger partial charge is 0.444 e. The van der Waals surface area contributed by atoms with E-state index in [1.807, 2.05) is 20.8 Å². The normalized spacial score (nSPS) is 10.4. The molecule has 0 aliphatic heterocycles. The lowest BCUT2D eigenvalue weighted by Gasteiger charge is -2.02. The molecule has 1 rings (SSSR count). The number of hydrogen-bond donors (Lipinski definition) is 2. The maximum Gasteiger partial charge on any atom is 0.221 e. The molecular formula is C11H19N3O2. The fourth-order valence-corrected chi connectivity index (χ4v) is 1.30. The summed E-state index contributed by atoms with van der Waals surface area (Å²) in [5.74, 6) is 1.58. The van der Waals surface area contributed by atoms with E-state index in [-0.39, 0.29) is 5.91 Å². The van der Waals surface area contributed by atoms with Crippen LogP contribution in [-0.2, 0) is 11.3 Å². The molecular weight excluding hydrogens is 206 g/mol. The molecule has 0 saturated carbocycles. The average Bonchev–Trinajstić information content (AvgIpc) is 2.54. The molecule has 16 heavy (non-hydrogen) atoms.